The number of aromatic nitrogens is 2. The lowest BCUT2D eigenvalue weighted by Crippen LogP contribution is -2.42. The molecule has 118 valence electrons. The van der Waals surface area contributed by atoms with E-state index in [1.165, 1.54) is 0 Å². The molecule has 1 N–H and O–H groups in total. The number of rotatable bonds is 7. The molecule has 1 aliphatic carbocycles. The summed E-state index contributed by atoms with van der Waals surface area (Å²) in [7, 11) is 0. The maximum absolute atomic E-state index is 11.5. The Morgan fingerprint density at radius 3 is 2.62 bits per heavy atom. The van der Waals surface area contributed by atoms with Gasteiger partial charge in [-0.3, -0.25) is 10.1 Å². The van der Waals surface area contributed by atoms with Crippen molar-refractivity contribution in [2.24, 2.45) is 0 Å². The van der Waals surface area contributed by atoms with Crippen LogP contribution >= 0.6 is 0 Å². The molecule has 1 heterocycles. The summed E-state index contributed by atoms with van der Waals surface area (Å²) in [6.45, 7) is 6.35. The number of hydrogen-bond donors (Lipinski definition) is 1. The lowest BCUT2D eigenvalue weighted by molar-refractivity contribution is -0.384. The van der Waals surface area contributed by atoms with Crippen LogP contribution in [0, 0.1) is 17.0 Å². The summed E-state index contributed by atoms with van der Waals surface area (Å²) < 4.78 is 1.75. The zero-order valence-electron chi connectivity index (χ0n) is 12.9. The van der Waals surface area contributed by atoms with E-state index in [0.717, 1.165) is 19.3 Å². The fraction of sp³-hybridized carbons (Fsp3) is 0.786. The van der Waals surface area contributed by atoms with Crippen molar-refractivity contribution < 1.29 is 10.0 Å². The highest BCUT2D eigenvalue weighted by Crippen LogP contribution is 2.38. The maximum atomic E-state index is 11.5. The second-order valence-electron chi connectivity index (χ2n) is 5.91. The third-order valence-electron chi connectivity index (χ3n) is 4.05. The lowest BCUT2D eigenvalue weighted by atomic mass is 9.91. The molecule has 0 bridgehead atoms. The van der Waals surface area contributed by atoms with Gasteiger partial charge in [-0.25, -0.2) is 4.68 Å². The van der Waals surface area contributed by atoms with Crippen LogP contribution in [0.2, 0.25) is 0 Å². The minimum atomic E-state index is -0.332. The van der Waals surface area contributed by atoms with Gasteiger partial charge in [-0.15, -0.1) is 0 Å². The SMILES string of the molecule is Cc1nn(C(C)C)c(N(CCCO)C2CCC2)c1[N+](=O)[O-]. The van der Waals surface area contributed by atoms with Gasteiger partial charge in [0.1, 0.15) is 5.69 Å². The highest BCUT2D eigenvalue weighted by atomic mass is 16.6. The molecular formula is C14H24N4O3. The molecule has 0 radical (unpaired) electrons. The molecule has 0 spiro atoms. The van der Waals surface area contributed by atoms with Crippen LogP contribution in [0.3, 0.4) is 0 Å². The van der Waals surface area contributed by atoms with Gasteiger partial charge < -0.3 is 10.0 Å². The van der Waals surface area contributed by atoms with Gasteiger partial charge in [0, 0.05) is 25.2 Å². The molecule has 0 aliphatic heterocycles. The number of nitro groups is 1. The first-order valence-electron chi connectivity index (χ1n) is 7.58. The zero-order valence-corrected chi connectivity index (χ0v) is 12.9. The van der Waals surface area contributed by atoms with E-state index in [1.807, 2.05) is 13.8 Å². The average molecular weight is 296 g/mol. The second-order valence-corrected chi connectivity index (χ2v) is 5.91. The monoisotopic (exact) mass is 296 g/mol. The Balaban J connectivity index is 2.47. The van der Waals surface area contributed by atoms with Crippen LogP contribution in [0.5, 0.6) is 0 Å². The van der Waals surface area contributed by atoms with Crippen LogP contribution < -0.4 is 4.90 Å². The summed E-state index contributed by atoms with van der Waals surface area (Å²) >= 11 is 0. The molecule has 1 aromatic rings. The van der Waals surface area contributed by atoms with Crippen LogP contribution in [0.25, 0.3) is 0 Å². The number of aliphatic hydroxyl groups excluding tert-OH is 1. The third kappa shape index (κ3) is 3.02. The Morgan fingerprint density at radius 2 is 2.19 bits per heavy atom. The van der Waals surface area contributed by atoms with Crippen LogP contribution in [-0.4, -0.2) is 39.0 Å². The molecular weight excluding hydrogens is 272 g/mol. The number of hydrogen-bond acceptors (Lipinski definition) is 5. The van der Waals surface area contributed by atoms with Crippen molar-refractivity contribution in [2.45, 2.75) is 58.5 Å². The summed E-state index contributed by atoms with van der Waals surface area (Å²) in [5.74, 6) is 0.602. The smallest absolute Gasteiger partial charge is 0.333 e. The Morgan fingerprint density at radius 1 is 1.52 bits per heavy atom. The van der Waals surface area contributed by atoms with E-state index in [4.69, 9.17) is 5.11 Å². The van der Waals surface area contributed by atoms with Gasteiger partial charge >= 0.3 is 5.69 Å². The van der Waals surface area contributed by atoms with Gasteiger partial charge in [0.2, 0.25) is 5.82 Å². The molecule has 1 saturated carbocycles. The molecule has 1 fully saturated rings. The van der Waals surface area contributed by atoms with Crippen molar-refractivity contribution in [3.63, 3.8) is 0 Å². The van der Waals surface area contributed by atoms with E-state index in [0.29, 0.717) is 30.5 Å². The van der Waals surface area contributed by atoms with E-state index in [9.17, 15) is 10.1 Å². The Bertz CT molecular complexity index is 509. The predicted molar refractivity (Wildman–Crippen MR) is 80.7 cm³/mol. The molecule has 7 nitrogen and oxygen atoms in total. The Kier molecular flexibility index (Phi) is 4.82. The highest BCUT2D eigenvalue weighted by molar-refractivity contribution is 5.62. The van der Waals surface area contributed by atoms with E-state index in [2.05, 4.69) is 10.00 Å². The summed E-state index contributed by atoms with van der Waals surface area (Å²) in [5, 5.41) is 24.9. The first-order chi connectivity index (χ1) is 9.97. The molecule has 7 heteroatoms. The fourth-order valence-corrected chi connectivity index (χ4v) is 2.77. The number of aliphatic hydroxyl groups is 1. The van der Waals surface area contributed by atoms with E-state index >= 15 is 0 Å². The summed E-state index contributed by atoms with van der Waals surface area (Å²) in [5.41, 5.74) is 0.561. The number of aryl methyl sites for hydroxylation is 1. The van der Waals surface area contributed by atoms with Crippen molar-refractivity contribution in [3.8, 4) is 0 Å². The quantitative estimate of drug-likeness (QED) is 0.617. The Hall–Kier alpha value is -1.63. The van der Waals surface area contributed by atoms with Crippen LogP contribution in [0.4, 0.5) is 11.5 Å². The van der Waals surface area contributed by atoms with Crippen LogP contribution in [0.1, 0.15) is 51.3 Å². The average Bonchev–Trinajstić information content (AvgIpc) is 2.69. The first kappa shape index (κ1) is 15.8. The van der Waals surface area contributed by atoms with Gasteiger partial charge in [-0.2, -0.15) is 5.10 Å². The van der Waals surface area contributed by atoms with Gasteiger partial charge in [-0.1, -0.05) is 0 Å². The van der Waals surface area contributed by atoms with Gasteiger partial charge in [0.05, 0.1) is 4.92 Å². The minimum Gasteiger partial charge on any atom is -0.396 e. The summed E-state index contributed by atoms with van der Waals surface area (Å²) in [6, 6.07) is 0.382. The Labute approximate surface area is 124 Å². The van der Waals surface area contributed by atoms with Crippen molar-refractivity contribution >= 4 is 11.5 Å². The largest absolute Gasteiger partial charge is 0.396 e. The fourth-order valence-electron chi connectivity index (χ4n) is 2.77. The molecule has 0 atom stereocenters. The molecule has 2 rings (SSSR count). The molecule has 1 aromatic heterocycles. The number of anilines is 1. The molecule has 0 unspecified atom stereocenters. The van der Waals surface area contributed by atoms with Gasteiger partial charge in [-0.05, 0) is 46.5 Å². The van der Waals surface area contributed by atoms with Crippen LogP contribution in [-0.2, 0) is 0 Å². The maximum Gasteiger partial charge on any atom is 0.333 e. The van der Waals surface area contributed by atoms with Gasteiger partial charge in [0.25, 0.3) is 0 Å². The summed E-state index contributed by atoms with van der Waals surface area (Å²) in [4.78, 5) is 13.2. The molecule has 1 aliphatic rings. The first-order valence-corrected chi connectivity index (χ1v) is 7.58. The van der Waals surface area contributed by atoms with Gasteiger partial charge in [0.15, 0.2) is 0 Å². The minimum absolute atomic E-state index is 0.0594. The summed E-state index contributed by atoms with van der Waals surface area (Å²) in [6.07, 6.45) is 3.86. The van der Waals surface area contributed by atoms with Crippen molar-refractivity contribution in [1.29, 1.82) is 0 Å². The number of nitrogens with zero attached hydrogens (tertiary/aromatic N) is 4. The molecule has 21 heavy (non-hydrogen) atoms. The van der Waals surface area contributed by atoms with Crippen molar-refractivity contribution in [2.75, 3.05) is 18.1 Å². The lowest BCUT2D eigenvalue weighted by Gasteiger charge is -2.39. The third-order valence-corrected chi connectivity index (χ3v) is 4.05. The second kappa shape index (κ2) is 6.43. The van der Waals surface area contributed by atoms with Crippen LogP contribution in [0.15, 0.2) is 0 Å². The molecule has 0 amide bonds. The molecule has 0 saturated heterocycles. The zero-order chi connectivity index (χ0) is 15.6. The molecule has 0 aromatic carbocycles. The predicted octanol–water partition coefficient (Wildman–Crippen LogP) is 2.42. The standard InChI is InChI=1S/C14H24N4O3/c1-10(2)17-14(13(18(20)21)11(3)15-17)16(8-5-9-19)12-6-4-7-12/h10,12,19H,4-9H2,1-3H3. The van der Waals surface area contributed by atoms with Crippen molar-refractivity contribution in [1.82, 2.24) is 9.78 Å². The van der Waals surface area contributed by atoms with Crippen molar-refractivity contribution in [3.05, 3.63) is 15.8 Å². The van der Waals surface area contributed by atoms with E-state index < -0.39 is 0 Å². The highest BCUT2D eigenvalue weighted by Gasteiger charge is 2.35. The van der Waals surface area contributed by atoms with E-state index in [1.54, 1.807) is 11.6 Å². The topological polar surface area (TPSA) is 84.4 Å². The van der Waals surface area contributed by atoms with E-state index in [-0.39, 0.29) is 23.3 Å². The normalized spacial score (nSPS) is 15.3.